The predicted octanol–water partition coefficient (Wildman–Crippen LogP) is 3.97. The van der Waals surface area contributed by atoms with Crippen LogP contribution in [0.4, 0.5) is 0 Å². The SMILES string of the molecule is CCOC(=O)c1nn(-c2ccc(Cl)cc2Cl)c(C)c1C. The van der Waals surface area contributed by atoms with Crippen molar-refractivity contribution in [1.29, 1.82) is 0 Å². The number of nitrogens with zero attached hydrogens (tertiary/aromatic N) is 2. The fourth-order valence-corrected chi connectivity index (χ4v) is 2.35. The second-order valence-corrected chi connectivity index (χ2v) is 5.13. The van der Waals surface area contributed by atoms with E-state index in [1.54, 1.807) is 29.8 Å². The zero-order chi connectivity index (χ0) is 14.9. The number of rotatable bonds is 3. The van der Waals surface area contributed by atoms with Crippen LogP contribution in [-0.2, 0) is 4.74 Å². The van der Waals surface area contributed by atoms with E-state index in [-0.39, 0.29) is 0 Å². The van der Waals surface area contributed by atoms with Crippen molar-refractivity contribution in [2.24, 2.45) is 0 Å². The molecule has 0 aliphatic carbocycles. The number of ether oxygens (including phenoxy) is 1. The summed E-state index contributed by atoms with van der Waals surface area (Å²) < 4.78 is 6.62. The van der Waals surface area contributed by atoms with Crippen LogP contribution in [0.3, 0.4) is 0 Å². The molecule has 0 spiro atoms. The van der Waals surface area contributed by atoms with Gasteiger partial charge in [-0.2, -0.15) is 5.10 Å². The molecule has 0 fully saturated rings. The van der Waals surface area contributed by atoms with Gasteiger partial charge in [-0.1, -0.05) is 23.2 Å². The summed E-state index contributed by atoms with van der Waals surface area (Å²) in [6.45, 7) is 5.77. The Hall–Kier alpha value is -1.52. The second kappa shape index (κ2) is 5.85. The molecule has 0 unspecified atom stereocenters. The van der Waals surface area contributed by atoms with Crippen molar-refractivity contribution in [2.45, 2.75) is 20.8 Å². The van der Waals surface area contributed by atoms with Crippen LogP contribution < -0.4 is 0 Å². The minimum atomic E-state index is -0.433. The van der Waals surface area contributed by atoms with Crippen molar-refractivity contribution in [1.82, 2.24) is 9.78 Å². The Morgan fingerprint density at radius 3 is 2.65 bits per heavy atom. The van der Waals surface area contributed by atoms with Crippen LogP contribution in [0.5, 0.6) is 0 Å². The van der Waals surface area contributed by atoms with Crippen LogP contribution in [0.2, 0.25) is 10.0 Å². The number of carbonyl (C=O) groups is 1. The maximum Gasteiger partial charge on any atom is 0.359 e. The zero-order valence-corrected chi connectivity index (χ0v) is 12.9. The average molecular weight is 313 g/mol. The molecule has 0 radical (unpaired) electrons. The molecule has 2 rings (SSSR count). The smallest absolute Gasteiger partial charge is 0.359 e. The number of halogens is 2. The van der Waals surface area contributed by atoms with Gasteiger partial charge in [0.1, 0.15) is 0 Å². The molecule has 6 heteroatoms. The van der Waals surface area contributed by atoms with Crippen LogP contribution >= 0.6 is 23.2 Å². The molecular weight excluding hydrogens is 299 g/mol. The van der Waals surface area contributed by atoms with Gasteiger partial charge < -0.3 is 4.74 Å². The van der Waals surface area contributed by atoms with E-state index in [9.17, 15) is 4.79 Å². The lowest BCUT2D eigenvalue weighted by Crippen LogP contribution is -2.08. The highest BCUT2D eigenvalue weighted by atomic mass is 35.5. The topological polar surface area (TPSA) is 44.1 Å². The largest absolute Gasteiger partial charge is 0.461 e. The molecule has 0 saturated heterocycles. The minimum Gasteiger partial charge on any atom is -0.461 e. The standard InChI is InChI=1S/C14H14Cl2N2O2/c1-4-20-14(19)13-8(2)9(3)18(17-13)12-6-5-10(15)7-11(12)16/h5-7H,4H2,1-3H3. The van der Waals surface area contributed by atoms with Crippen molar-refractivity contribution >= 4 is 29.2 Å². The molecule has 20 heavy (non-hydrogen) atoms. The van der Waals surface area contributed by atoms with Gasteiger partial charge in [0.05, 0.1) is 17.3 Å². The number of hydrogen-bond acceptors (Lipinski definition) is 3. The number of benzene rings is 1. The summed E-state index contributed by atoms with van der Waals surface area (Å²) in [4.78, 5) is 11.8. The van der Waals surface area contributed by atoms with Crippen LogP contribution in [0.1, 0.15) is 28.7 Å². The lowest BCUT2D eigenvalue weighted by molar-refractivity contribution is 0.0518. The molecule has 1 aromatic carbocycles. The van der Waals surface area contributed by atoms with E-state index in [0.29, 0.717) is 28.0 Å². The molecule has 0 atom stereocenters. The predicted molar refractivity (Wildman–Crippen MR) is 79.0 cm³/mol. The molecule has 0 saturated carbocycles. The molecule has 0 aliphatic heterocycles. The van der Waals surface area contributed by atoms with Gasteiger partial charge in [-0.15, -0.1) is 0 Å². The van der Waals surface area contributed by atoms with Gasteiger partial charge in [-0.25, -0.2) is 9.48 Å². The van der Waals surface area contributed by atoms with Crippen molar-refractivity contribution in [3.8, 4) is 5.69 Å². The number of esters is 1. The Morgan fingerprint density at radius 2 is 2.05 bits per heavy atom. The fraction of sp³-hybridized carbons (Fsp3) is 0.286. The first-order chi connectivity index (χ1) is 9.45. The first-order valence-electron chi connectivity index (χ1n) is 6.14. The summed E-state index contributed by atoms with van der Waals surface area (Å²) in [5.74, 6) is -0.433. The third-order valence-corrected chi connectivity index (χ3v) is 3.56. The van der Waals surface area contributed by atoms with Crippen LogP contribution in [0.25, 0.3) is 5.69 Å². The van der Waals surface area contributed by atoms with E-state index in [2.05, 4.69) is 5.10 Å². The number of hydrogen-bond donors (Lipinski definition) is 0. The van der Waals surface area contributed by atoms with E-state index in [1.165, 1.54) is 0 Å². The summed E-state index contributed by atoms with van der Waals surface area (Å²) in [7, 11) is 0. The second-order valence-electron chi connectivity index (χ2n) is 4.29. The molecule has 0 aliphatic rings. The van der Waals surface area contributed by atoms with Gasteiger partial charge in [0, 0.05) is 16.3 Å². The highest BCUT2D eigenvalue weighted by Crippen LogP contribution is 2.26. The van der Waals surface area contributed by atoms with Gasteiger partial charge in [-0.3, -0.25) is 0 Å². The molecule has 1 aromatic heterocycles. The van der Waals surface area contributed by atoms with Crippen molar-refractivity contribution in [2.75, 3.05) is 6.61 Å². The molecule has 0 N–H and O–H groups in total. The molecule has 1 heterocycles. The van der Waals surface area contributed by atoms with Crippen LogP contribution in [0.15, 0.2) is 18.2 Å². The molecule has 106 valence electrons. The lowest BCUT2D eigenvalue weighted by Gasteiger charge is -2.07. The Kier molecular flexibility index (Phi) is 4.35. The highest BCUT2D eigenvalue weighted by Gasteiger charge is 2.20. The molecule has 0 amide bonds. The van der Waals surface area contributed by atoms with Gasteiger partial charge >= 0.3 is 5.97 Å². The maximum absolute atomic E-state index is 11.8. The van der Waals surface area contributed by atoms with E-state index in [0.717, 1.165) is 11.3 Å². The van der Waals surface area contributed by atoms with Crippen molar-refractivity contribution < 1.29 is 9.53 Å². The highest BCUT2D eigenvalue weighted by molar-refractivity contribution is 6.35. The Labute approximate surface area is 127 Å². The van der Waals surface area contributed by atoms with E-state index in [1.807, 2.05) is 13.8 Å². The monoisotopic (exact) mass is 312 g/mol. The van der Waals surface area contributed by atoms with Gasteiger partial charge in [0.2, 0.25) is 0 Å². The Morgan fingerprint density at radius 1 is 1.35 bits per heavy atom. The Bertz CT molecular complexity index is 665. The van der Waals surface area contributed by atoms with Gasteiger partial charge in [0.25, 0.3) is 0 Å². The Balaban J connectivity index is 2.53. The van der Waals surface area contributed by atoms with Crippen molar-refractivity contribution in [3.05, 3.63) is 45.2 Å². The van der Waals surface area contributed by atoms with E-state index >= 15 is 0 Å². The summed E-state index contributed by atoms with van der Waals surface area (Å²) in [5.41, 5.74) is 2.58. The third-order valence-electron chi connectivity index (χ3n) is 3.02. The van der Waals surface area contributed by atoms with Gasteiger partial charge in [-0.05, 0) is 39.0 Å². The van der Waals surface area contributed by atoms with E-state index < -0.39 is 5.97 Å². The first kappa shape index (κ1) is 14.9. The molecule has 4 nitrogen and oxygen atoms in total. The quantitative estimate of drug-likeness (QED) is 0.805. The number of carbonyl (C=O) groups excluding carboxylic acids is 1. The summed E-state index contributed by atoms with van der Waals surface area (Å²) >= 11 is 12.1. The van der Waals surface area contributed by atoms with Crippen LogP contribution in [0, 0.1) is 13.8 Å². The first-order valence-corrected chi connectivity index (χ1v) is 6.90. The molecule has 0 bridgehead atoms. The maximum atomic E-state index is 11.8. The normalized spacial score (nSPS) is 10.7. The number of aromatic nitrogens is 2. The van der Waals surface area contributed by atoms with Crippen LogP contribution in [-0.4, -0.2) is 22.4 Å². The van der Waals surface area contributed by atoms with Crippen molar-refractivity contribution in [3.63, 3.8) is 0 Å². The van der Waals surface area contributed by atoms with E-state index in [4.69, 9.17) is 27.9 Å². The third kappa shape index (κ3) is 2.67. The lowest BCUT2D eigenvalue weighted by atomic mass is 10.2. The summed E-state index contributed by atoms with van der Waals surface area (Å²) in [5, 5.41) is 5.32. The average Bonchev–Trinajstić information content (AvgIpc) is 2.67. The summed E-state index contributed by atoms with van der Waals surface area (Å²) in [6.07, 6.45) is 0. The molecule has 2 aromatic rings. The molecular formula is C14H14Cl2N2O2. The van der Waals surface area contributed by atoms with Gasteiger partial charge in [0.15, 0.2) is 5.69 Å². The zero-order valence-electron chi connectivity index (χ0n) is 11.4. The summed E-state index contributed by atoms with van der Waals surface area (Å²) in [6, 6.07) is 5.13. The fourth-order valence-electron chi connectivity index (χ4n) is 1.86. The minimum absolute atomic E-state index is 0.301.